The Morgan fingerprint density at radius 1 is 0.900 bits per heavy atom. The predicted octanol–water partition coefficient (Wildman–Crippen LogP) is 3.05. The number of amides is 2. The summed E-state index contributed by atoms with van der Waals surface area (Å²) in [7, 11) is 0. The fourth-order valence-electron chi connectivity index (χ4n) is 2.81. The van der Waals surface area contributed by atoms with Crippen molar-refractivity contribution in [3.05, 3.63) is 0 Å². The Morgan fingerprint density at radius 3 is 2.05 bits per heavy atom. The highest BCUT2D eigenvalue weighted by atomic mass is 16.6. The van der Waals surface area contributed by atoms with Crippen molar-refractivity contribution in [2.45, 2.75) is 76.7 Å². The van der Waals surface area contributed by atoms with Gasteiger partial charge < -0.3 is 4.74 Å². The summed E-state index contributed by atoms with van der Waals surface area (Å²) in [4.78, 5) is 24.7. The maximum absolute atomic E-state index is 11.6. The van der Waals surface area contributed by atoms with Crippen molar-refractivity contribution in [1.82, 2.24) is 4.90 Å². The monoisotopic (exact) mass is 281 g/mol. The van der Waals surface area contributed by atoms with Crippen molar-refractivity contribution in [3.8, 4) is 0 Å². The first-order chi connectivity index (χ1) is 9.77. The van der Waals surface area contributed by atoms with Gasteiger partial charge in [0.2, 0.25) is 11.8 Å². The predicted molar refractivity (Wildman–Crippen MR) is 77.2 cm³/mol. The van der Waals surface area contributed by atoms with E-state index in [2.05, 4.69) is 0 Å². The van der Waals surface area contributed by atoms with Crippen molar-refractivity contribution in [3.63, 3.8) is 0 Å². The van der Waals surface area contributed by atoms with E-state index in [4.69, 9.17) is 4.74 Å². The van der Waals surface area contributed by atoms with Crippen LogP contribution in [0.4, 0.5) is 0 Å². The summed E-state index contributed by atoms with van der Waals surface area (Å²) in [6.07, 6.45) is 12.1. The number of piperidine rings is 1. The molecule has 0 aromatic carbocycles. The Kier molecular flexibility index (Phi) is 6.51. The van der Waals surface area contributed by atoms with Gasteiger partial charge in [-0.05, 0) is 19.3 Å². The van der Waals surface area contributed by atoms with Gasteiger partial charge in [0.1, 0.15) is 0 Å². The van der Waals surface area contributed by atoms with Crippen molar-refractivity contribution in [2.24, 2.45) is 0 Å². The first-order valence-corrected chi connectivity index (χ1v) is 8.22. The number of ether oxygens (including phenoxy) is 1. The van der Waals surface area contributed by atoms with Crippen molar-refractivity contribution < 1.29 is 14.3 Å². The molecule has 1 atom stereocenters. The lowest BCUT2D eigenvalue weighted by Crippen LogP contribution is -2.40. The summed E-state index contributed by atoms with van der Waals surface area (Å²) >= 11 is 0. The fourth-order valence-corrected chi connectivity index (χ4v) is 2.81. The molecule has 0 aromatic heterocycles. The van der Waals surface area contributed by atoms with Gasteiger partial charge in [-0.25, -0.2) is 0 Å². The van der Waals surface area contributed by atoms with Gasteiger partial charge in [0, 0.05) is 19.4 Å². The standard InChI is InChI=1S/C16H27NO3/c18-15-10-8-11-16(19)17(15)12-7-5-3-1-2-4-6-9-14-13-20-14/h14H,1-13H2. The molecule has 2 rings (SSSR count). The van der Waals surface area contributed by atoms with Crippen LogP contribution in [0.3, 0.4) is 0 Å². The van der Waals surface area contributed by atoms with Crippen molar-refractivity contribution in [1.29, 1.82) is 0 Å². The van der Waals surface area contributed by atoms with Gasteiger partial charge in [0.25, 0.3) is 0 Å². The summed E-state index contributed by atoms with van der Waals surface area (Å²) in [5.41, 5.74) is 0. The molecule has 2 saturated heterocycles. The van der Waals surface area contributed by atoms with Gasteiger partial charge in [-0.3, -0.25) is 14.5 Å². The molecule has 2 amide bonds. The van der Waals surface area contributed by atoms with Crippen LogP contribution < -0.4 is 0 Å². The van der Waals surface area contributed by atoms with E-state index in [9.17, 15) is 9.59 Å². The second kappa shape index (κ2) is 8.40. The third kappa shape index (κ3) is 5.61. The second-order valence-corrected chi connectivity index (χ2v) is 6.01. The van der Waals surface area contributed by atoms with E-state index in [0.29, 0.717) is 25.5 Å². The van der Waals surface area contributed by atoms with Crippen LogP contribution in [-0.2, 0) is 14.3 Å². The molecule has 0 spiro atoms. The normalized spacial score (nSPS) is 22.4. The Bertz CT molecular complexity index is 310. The van der Waals surface area contributed by atoms with E-state index in [1.54, 1.807) is 0 Å². The molecule has 0 saturated carbocycles. The van der Waals surface area contributed by atoms with E-state index in [1.165, 1.54) is 43.4 Å². The Morgan fingerprint density at radius 2 is 1.45 bits per heavy atom. The van der Waals surface area contributed by atoms with E-state index < -0.39 is 0 Å². The van der Waals surface area contributed by atoms with E-state index in [1.807, 2.05) is 0 Å². The van der Waals surface area contributed by atoms with Crippen LogP contribution in [0.15, 0.2) is 0 Å². The van der Waals surface area contributed by atoms with Crippen molar-refractivity contribution >= 4 is 11.8 Å². The van der Waals surface area contributed by atoms with Gasteiger partial charge in [-0.1, -0.05) is 38.5 Å². The third-order valence-electron chi connectivity index (χ3n) is 4.19. The second-order valence-electron chi connectivity index (χ2n) is 6.01. The Hall–Kier alpha value is -0.900. The number of rotatable bonds is 10. The molecule has 0 aromatic rings. The molecule has 0 aliphatic carbocycles. The molecular weight excluding hydrogens is 254 g/mol. The topological polar surface area (TPSA) is 49.9 Å². The Balaban J connectivity index is 1.40. The largest absolute Gasteiger partial charge is 0.373 e. The average molecular weight is 281 g/mol. The summed E-state index contributed by atoms with van der Waals surface area (Å²) in [5, 5.41) is 0. The molecule has 4 nitrogen and oxygen atoms in total. The molecule has 2 aliphatic rings. The first-order valence-electron chi connectivity index (χ1n) is 8.22. The molecule has 0 bridgehead atoms. The van der Waals surface area contributed by atoms with Crippen molar-refractivity contribution in [2.75, 3.05) is 13.2 Å². The molecule has 2 fully saturated rings. The molecular formula is C16H27NO3. The number of nitrogens with zero attached hydrogens (tertiary/aromatic N) is 1. The minimum atomic E-state index is 0.0311. The number of epoxide rings is 1. The molecule has 0 radical (unpaired) electrons. The molecule has 0 N–H and O–H groups in total. The van der Waals surface area contributed by atoms with Crippen LogP contribution >= 0.6 is 0 Å². The number of likely N-dealkylation sites (tertiary alicyclic amines) is 1. The summed E-state index contributed by atoms with van der Waals surface area (Å²) in [5.74, 6) is 0.0621. The number of carbonyl (C=O) groups excluding carboxylic acids is 2. The van der Waals surface area contributed by atoms with Gasteiger partial charge in [0.05, 0.1) is 12.7 Å². The van der Waals surface area contributed by atoms with Crippen LogP contribution in [0.1, 0.15) is 70.6 Å². The zero-order valence-electron chi connectivity index (χ0n) is 12.4. The summed E-state index contributed by atoms with van der Waals surface area (Å²) in [6.45, 7) is 1.62. The maximum atomic E-state index is 11.6. The maximum Gasteiger partial charge on any atom is 0.229 e. The van der Waals surface area contributed by atoms with Crippen LogP contribution in [0.25, 0.3) is 0 Å². The highest BCUT2D eigenvalue weighted by molar-refractivity contribution is 5.97. The summed E-state index contributed by atoms with van der Waals surface area (Å²) in [6, 6.07) is 0. The molecule has 20 heavy (non-hydrogen) atoms. The SMILES string of the molecule is O=C1CCCC(=O)N1CCCCCCCCCC1CO1. The van der Waals surface area contributed by atoms with E-state index >= 15 is 0 Å². The number of hydrogen-bond donors (Lipinski definition) is 0. The number of carbonyl (C=O) groups is 2. The highest BCUT2D eigenvalue weighted by Gasteiger charge is 2.24. The smallest absolute Gasteiger partial charge is 0.229 e. The lowest BCUT2D eigenvalue weighted by molar-refractivity contribution is -0.147. The summed E-state index contributed by atoms with van der Waals surface area (Å²) < 4.78 is 5.18. The zero-order chi connectivity index (χ0) is 14.2. The van der Waals surface area contributed by atoms with Crippen LogP contribution in [0, 0.1) is 0 Å². The molecule has 1 unspecified atom stereocenters. The minimum Gasteiger partial charge on any atom is -0.373 e. The molecule has 2 aliphatic heterocycles. The highest BCUT2D eigenvalue weighted by Crippen LogP contribution is 2.18. The molecule has 2 heterocycles. The van der Waals surface area contributed by atoms with Gasteiger partial charge in [0.15, 0.2) is 0 Å². The number of hydrogen-bond acceptors (Lipinski definition) is 3. The van der Waals surface area contributed by atoms with Crippen LogP contribution in [0.5, 0.6) is 0 Å². The van der Waals surface area contributed by atoms with E-state index in [-0.39, 0.29) is 11.8 Å². The van der Waals surface area contributed by atoms with Gasteiger partial charge >= 0.3 is 0 Å². The van der Waals surface area contributed by atoms with E-state index in [0.717, 1.165) is 25.9 Å². The molecule has 4 heteroatoms. The fraction of sp³-hybridized carbons (Fsp3) is 0.875. The zero-order valence-corrected chi connectivity index (χ0v) is 12.4. The third-order valence-corrected chi connectivity index (χ3v) is 4.19. The van der Waals surface area contributed by atoms with Crippen LogP contribution in [0.2, 0.25) is 0 Å². The number of unbranched alkanes of at least 4 members (excludes halogenated alkanes) is 6. The van der Waals surface area contributed by atoms with Crippen LogP contribution in [-0.4, -0.2) is 36.0 Å². The molecule has 114 valence electrons. The lowest BCUT2D eigenvalue weighted by Gasteiger charge is -2.24. The van der Waals surface area contributed by atoms with Gasteiger partial charge in [-0.2, -0.15) is 0 Å². The quantitative estimate of drug-likeness (QED) is 0.351. The van der Waals surface area contributed by atoms with Gasteiger partial charge in [-0.15, -0.1) is 0 Å². The lowest BCUT2D eigenvalue weighted by atomic mass is 10.1. The first kappa shape index (κ1) is 15.5. The minimum absolute atomic E-state index is 0.0311. The number of imide groups is 1. The Labute approximate surface area is 121 Å². The average Bonchev–Trinajstić information content (AvgIpc) is 3.24.